The van der Waals surface area contributed by atoms with Gasteiger partial charge in [0.15, 0.2) is 0 Å². The minimum absolute atomic E-state index is 0.142. The summed E-state index contributed by atoms with van der Waals surface area (Å²) in [5.74, 6) is -0.539. The summed E-state index contributed by atoms with van der Waals surface area (Å²) in [5, 5.41) is 11.5. The Kier molecular flexibility index (Phi) is 3.98. The van der Waals surface area contributed by atoms with Crippen molar-refractivity contribution in [3.8, 4) is 5.75 Å². The Bertz CT molecular complexity index is 843. The van der Waals surface area contributed by atoms with Crippen LogP contribution < -0.4 is 4.74 Å². The molecule has 0 spiro atoms. The van der Waals surface area contributed by atoms with Crippen molar-refractivity contribution >= 4 is 28.3 Å². The molecule has 0 aliphatic carbocycles. The van der Waals surface area contributed by atoms with Crippen LogP contribution in [-0.4, -0.2) is 11.1 Å². The number of carbonyl (C=O) groups is 1. The van der Waals surface area contributed by atoms with Crippen molar-refractivity contribution < 1.29 is 14.6 Å². The summed E-state index contributed by atoms with van der Waals surface area (Å²) >= 11 is 6.05. The summed E-state index contributed by atoms with van der Waals surface area (Å²) < 4.78 is 5.68. The zero-order chi connectivity index (χ0) is 15.5. The highest BCUT2D eigenvalue weighted by Gasteiger charge is 2.08. The normalized spacial score (nSPS) is 10.6. The maximum Gasteiger partial charge on any atom is 0.335 e. The summed E-state index contributed by atoms with van der Waals surface area (Å²) in [6, 6.07) is 18.7. The van der Waals surface area contributed by atoms with Gasteiger partial charge in [-0.2, -0.15) is 0 Å². The van der Waals surface area contributed by atoms with Gasteiger partial charge in [0.25, 0.3) is 0 Å². The lowest BCUT2D eigenvalue weighted by Gasteiger charge is -2.09. The topological polar surface area (TPSA) is 46.5 Å². The molecule has 3 rings (SSSR count). The minimum atomic E-state index is -1.01. The van der Waals surface area contributed by atoms with E-state index in [4.69, 9.17) is 21.4 Å². The third kappa shape index (κ3) is 3.05. The fourth-order valence-corrected chi connectivity index (χ4v) is 2.48. The van der Waals surface area contributed by atoms with E-state index in [2.05, 4.69) is 12.1 Å². The standard InChI is InChI=1S/C18H13ClO3/c19-16-10-15(18(20)21)7-8-17(16)22-11-12-5-6-13-3-1-2-4-14(13)9-12/h1-10H,11H2,(H,20,21). The molecule has 3 aromatic rings. The number of rotatable bonds is 4. The molecule has 0 saturated carbocycles. The van der Waals surface area contributed by atoms with E-state index in [0.29, 0.717) is 17.4 Å². The van der Waals surface area contributed by atoms with Crippen molar-refractivity contribution in [2.75, 3.05) is 0 Å². The number of halogens is 1. The molecule has 0 aromatic heterocycles. The average molecular weight is 313 g/mol. The second kappa shape index (κ2) is 6.08. The Morgan fingerprint density at radius 2 is 1.77 bits per heavy atom. The van der Waals surface area contributed by atoms with Crippen molar-refractivity contribution in [1.82, 2.24) is 0 Å². The van der Waals surface area contributed by atoms with Crippen molar-refractivity contribution in [1.29, 1.82) is 0 Å². The smallest absolute Gasteiger partial charge is 0.335 e. The summed E-state index contributed by atoms with van der Waals surface area (Å²) in [5.41, 5.74) is 1.17. The molecule has 0 radical (unpaired) electrons. The molecule has 0 saturated heterocycles. The molecule has 1 N–H and O–H groups in total. The number of benzene rings is 3. The summed E-state index contributed by atoms with van der Waals surface area (Å²) in [4.78, 5) is 10.9. The molecule has 110 valence electrons. The van der Waals surface area contributed by atoms with Crippen LogP contribution in [0, 0.1) is 0 Å². The highest BCUT2D eigenvalue weighted by Crippen LogP contribution is 2.26. The van der Waals surface area contributed by atoms with E-state index < -0.39 is 5.97 Å². The van der Waals surface area contributed by atoms with Crippen LogP contribution in [0.3, 0.4) is 0 Å². The van der Waals surface area contributed by atoms with Gasteiger partial charge in [-0.15, -0.1) is 0 Å². The molecule has 4 heteroatoms. The number of aromatic carboxylic acids is 1. The first kappa shape index (κ1) is 14.4. The summed E-state index contributed by atoms with van der Waals surface area (Å²) in [6.07, 6.45) is 0. The molecule has 0 fully saturated rings. The van der Waals surface area contributed by atoms with Crippen molar-refractivity contribution in [3.63, 3.8) is 0 Å². The lowest BCUT2D eigenvalue weighted by Crippen LogP contribution is -1.99. The van der Waals surface area contributed by atoms with Gasteiger partial charge >= 0.3 is 5.97 Å². The van der Waals surface area contributed by atoms with Crippen LogP contribution in [0.5, 0.6) is 5.75 Å². The fourth-order valence-electron chi connectivity index (χ4n) is 2.24. The molecule has 0 bridgehead atoms. The molecule has 3 aromatic carbocycles. The van der Waals surface area contributed by atoms with E-state index in [0.717, 1.165) is 10.9 Å². The summed E-state index contributed by atoms with van der Waals surface area (Å²) in [6.45, 7) is 0.372. The van der Waals surface area contributed by atoms with Gasteiger partial charge in [-0.25, -0.2) is 4.79 Å². The Hall–Kier alpha value is -2.52. The second-order valence-corrected chi connectivity index (χ2v) is 5.33. The fraction of sp³-hybridized carbons (Fsp3) is 0.0556. The lowest BCUT2D eigenvalue weighted by molar-refractivity contribution is 0.0697. The Labute approximate surface area is 132 Å². The first-order valence-electron chi connectivity index (χ1n) is 6.77. The van der Waals surface area contributed by atoms with Crippen LogP contribution in [0.4, 0.5) is 0 Å². The first-order valence-corrected chi connectivity index (χ1v) is 7.14. The molecular weight excluding hydrogens is 300 g/mol. The highest BCUT2D eigenvalue weighted by molar-refractivity contribution is 6.32. The number of carboxylic acids is 1. The van der Waals surface area contributed by atoms with Crippen LogP contribution >= 0.6 is 11.6 Å². The van der Waals surface area contributed by atoms with Crippen molar-refractivity contribution in [2.45, 2.75) is 6.61 Å². The molecule has 0 aliphatic rings. The second-order valence-electron chi connectivity index (χ2n) is 4.92. The predicted octanol–water partition coefficient (Wildman–Crippen LogP) is 4.77. The van der Waals surface area contributed by atoms with Crippen LogP contribution in [0.2, 0.25) is 5.02 Å². The van der Waals surface area contributed by atoms with Gasteiger partial charge in [0.05, 0.1) is 10.6 Å². The van der Waals surface area contributed by atoms with E-state index >= 15 is 0 Å². The number of hydrogen-bond acceptors (Lipinski definition) is 2. The largest absolute Gasteiger partial charge is 0.487 e. The number of carboxylic acid groups (broad SMARTS) is 1. The number of fused-ring (bicyclic) bond motifs is 1. The van der Waals surface area contributed by atoms with Gasteiger partial charge < -0.3 is 9.84 Å². The van der Waals surface area contributed by atoms with Gasteiger partial charge in [0.1, 0.15) is 12.4 Å². The maximum atomic E-state index is 10.9. The van der Waals surface area contributed by atoms with E-state index in [-0.39, 0.29) is 5.56 Å². The lowest BCUT2D eigenvalue weighted by atomic mass is 10.1. The zero-order valence-electron chi connectivity index (χ0n) is 11.6. The van der Waals surface area contributed by atoms with Crippen molar-refractivity contribution in [3.05, 3.63) is 76.8 Å². The van der Waals surface area contributed by atoms with Gasteiger partial charge in [-0.1, -0.05) is 48.0 Å². The maximum absolute atomic E-state index is 10.9. The molecule has 0 aliphatic heterocycles. The van der Waals surface area contributed by atoms with Crippen molar-refractivity contribution in [2.24, 2.45) is 0 Å². The quantitative estimate of drug-likeness (QED) is 0.754. The Morgan fingerprint density at radius 3 is 2.50 bits per heavy atom. The SMILES string of the molecule is O=C(O)c1ccc(OCc2ccc3ccccc3c2)c(Cl)c1. The monoisotopic (exact) mass is 312 g/mol. The summed E-state index contributed by atoms with van der Waals surface area (Å²) in [7, 11) is 0. The van der Waals surface area contributed by atoms with E-state index in [1.807, 2.05) is 30.3 Å². The third-order valence-corrected chi connectivity index (χ3v) is 3.68. The molecule has 0 amide bonds. The van der Waals surface area contributed by atoms with Crippen LogP contribution in [-0.2, 0) is 6.61 Å². The zero-order valence-corrected chi connectivity index (χ0v) is 12.4. The Balaban J connectivity index is 1.77. The highest BCUT2D eigenvalue weighted by atomic mass is 35.5. The van der Waals surface area contributed by atoms with Crippen LogP contribution in [0.1, 0.15) is 15.9 Å². The molecule has 22 heavy (non-hydrogen) atoms. The van der Waals surface area contributed by atoms with E-state index in [1.54, 1.807) is 6.07 Å². The molecular formula is C18H13ClO3. The first-order chi connectivity index (χ1) is 10.6. The van der Waals surface area contributed by atoms with Crippen LogP contribution in [0.15, 0.2) is 60.7 Å². The van der Waals surface area contributed by atoms with Crippen LogP contribution in [0.25, 0.3) is 10.8 Å². The number of ether oxygens (including phenoxy) is 1. The van der Waals surface area contributed by atoms with Gasteiger partial charge in [0, 0.05) is 0 Å². The Morgan fingerprint density at radius 1 is 1.00 bits per heavy atom. The van der Waals surface area contributed by atoms with E-state index in [9.17, 15) is 4.79 Å². The average Bonchev–Trinajstić information content (AvgIpc) is 2.53. The van der Waals surface area contributed by atoms with Gasteiger partial charge in [-0.3, -0.25) is 0 Å². The van der Waals surface area contributed by atoms with Gasteiger partial charge in [-0.05, 0) is 40.6 Å². The van der Waals surface area contributed by atoms with Gasteiger partial charge in [0.2, 0.25) is 0 Å². The molecule has 0 unspecified atom stereocenters. The third-order valence-electron chi connectivity index (χ3n) is 3.39. The number of hydrogen-bond donors (Lipinski definition) is 1. The molecule has 3 nitrogen and oxygen atoms in total. The minimum Gasteiger partial charge on any atom is -0.487 e. The molecule has 0 atom stereocenters. The van der Waals surface area contributed by atoms with E-state index in [1.165, 1.54) is 17.5 Å². The predicted molar refractivity (Wildman–Crippen MR) is 86.7 cm³/mol. The molecule has 0 heterocycles.